The average molecular weight is 456 g/mol. The number of aryl methyl sites for hydroxylation is 1. The van der Waals surface area contributed by atoms with Gasteiger partial charge in [0.1, 0.15) is 11.8 Å². The third kappa shape index (κ3) is 6.70. The molecule has 1 atom stereocenters. The number of ether oxygens (including phenoxy) is 2. The van der Waals surface area contributed by atoms with Crippen molar-refractivity contribution in [1.82, 2.24) is 5.32 Å². The van der Waals surface area contributed by atoms with Crippen LogP contribution >= 0.6 is 24.4 Å². The van der Waals surface area contributed by atoms with E-state index < -0.39 is 33.8 Å². The number of nitrogens with one attached hydrogen (secondary N) is 1. The van der Waals surface area contributed by atoms with Crippen LogP contribution in [0, 0.1) is 6.92 Å². The van der Waals surface area contributed by atoms with Crippen molar-refractivity contribution in [2.24, 2.45) is 0 Å². The first-order valence-electron chi connectivity index (χ1n) is 8.76. The van der Waals surface area contributed by atoms with Gasteiger partial charge in [0.05, 0.1) is 4.75 Å². The summed E-state index contributed by atoms with van der Waals surface area (Å²) in [5.41, 5.74) is 0. The highest BCUT2D eigenvalue weighted by atomic mass is 32.2. The van der Waals surface area contributed by atoms with Gasteiger partial charge in [0, 0.05) is 5.75 Å². The van der Waals surface area contributed by atoms with Crippen molar-refractivity contribution in [2.75, 3.05) is 5.75 Å². The van der Waals surface area contributed by atoms with E-state index in [1.165, 1.54) is 20.8 Å². The largest absolute Gasteiger partial charge is 0.519 e. The summed E-state index contributed by atoms with van der Waals surface area (Å²) in [4.78, 5) is 48.0. The minimum absolute atomic E-state index is 0.00139. The molecule has 0 bridgehead atoms. The van der Waals surface area contributed by atoms with Gasteiger partial charge in [0.2, 0.25) is 5.91 Å². The van der Waals surface area contributed by atoms with Crippen molar-refractivity contribution in [2.45, 2.75) is 38.2 Å². The molecule has 0 unspecified atom stereocenters. The quantitative estimate of drug-likeness (QED) is 0.351. The predicted octanol–water partition coefficient (Wildman–Crippen LogP) is 2.71. The summed E-state index contributed by atoms with van der Waals surface area (Å²) in [6.45, 7) is 4.17. The van der Waals surface area contributed by atoms with Gasteiger partial charge in [-0.3, -0.25) is 4.79 Å². The van der Waals surface area contributed by atoms with Gasteiger partial charge < -0.3 is 23.6 Å². The smallest absolute Gasteiger partial charge is 0.449 e. The second kappa shape index (κ2) is 10.4. The molecular formula is C19H21NO8S2. The molecule has 0 radical (unpaired) electrons. The molecule has 0 saturated heterocycles. The number of carbonyl (C=O) groups is 3. The number of para-hydroxylation sites is 1. The van der Waals surface area contributed by atoms with Crippen LogP contribution < -0.4 is 15.9 Å². The third-order valence-corrected chi connectivity index (χ3v) is 5.12. The SMILES string of the molecule is Cc1oc(=O)oc1COC(=O)SC(C)(C)C(=O)N[C@@H](CS)C(=O)Oc1ccccc1. The highest BCUT2D eigenvalue weighted by Crippen LogP contribution is 2.27. The summed E-state index contributed by atoms with van der Waals surface area (Å²) >= 11 is 4.70. The van der Waals surface area contributed by atoms with Crippen LogP contribution in [0.5, 0.6) is 5.75 Å². The molecule has 162 valence electrons. The Morgan fingerprint density at radius 1 is 1.20 bits per heavy atom. The Labute approximate surface area is 181 Å². The van der Waals surface area contributed by atoms with Crippen molar-refractivity contribution < 1.29 is 32.7 Å². The van der Waals surface area contributed by atoms with E-state index in [0.29, 0.717) is 17.5 Å². The number of rotatable bonds is 8. The molecule has 0 saturated carbocycles. The highest BCUT2D eigenvalue weighted by Gasteiger charge is 2.35. The number of esters is 1. The van der Waals surface area contributed by atoms with Crippen molar-refractivity contribution >= 4 is 41.6 Å². The van der Waals surface area contributed by atoms with Gasteiger partial charge in [-0.15, -0.1) is 0 Å². The Morgan fingerprint density at radius 3 is 2.43 bits per heavy atom. The standard InChI is InChI=1S/C19H21NO8S2/c1-11-14(28-17(23)26-11)9-25-18(24)30-19(2,3)16(22)20-13(10-29)15(21)27-12-7-5-4-6-8-12/h4-8,13,29H,9-10H2,1-3H3,(H,20,22)/t13-/m0/s1. The van der Waals surface area contributed by atoms with E-state index in [9.17, 15) is 19.2 Å². The number of carbonyl (C=O) groups excluding carboxylic acids is 3. The number of hydrogen-bond donors (Lipinski definition) is 2. The van der Waals surface area contributed by atoms with Gasteiger partial charge in [-0.05, 0) is 44.7 Å². The van der Waals surface area contributed by atoms with E-state index in [-0.39, 0.29) is 23.9 Å². The molecule has 0 spiro atoms. The molecule has 11 heteroatoms. The fourth-order valence-corrected chi connectivity index (χ4v) is 3.03. The zero-order valence-electron chi connectivity index (χ0n) is 16.5. The van der Waals surface area contributed by atoms with Crippen molar-refractivity contribution in [3.8, 4) is 5.75 Å². The van der Waals surface area contributed by atoms with Gasteiger partial charge in [0.15, 0.2) is 18.1 Å². The summed E-state index contributed by atoms with van der Waals surface area (Å²) in [5.74, 6) is -1.55. The van der Waals surface area contributed by atoms with Gasteiger partial charge in [0.25, 0.3) is 0 Å². The normalized spacial score (nSPS) is 12.1. The van der Waals surface area contributed by atoms with Crippen molar-refractivity contribution in [3.05, 3.63) is 52.5 Å². The summed E-state index contributed by atoms with van der Waals surface area (Å²) in [6.07, 6.45) is 0. The van der Waals surface area contributed by atoms with Crippen LogP contribution in [0.4, 0.5) is 4.79 Å². The van der Waals surface area contributed by atoms with Crippen LogP contribution in [0.2, 0.25) is 0 Å². The van der Waals surface area contributed by atoms with E-state index in [4.69, 9.17) is 13.9 Å². The summed E-state index contributed by atoms with van der Waals surface area (Å²) in [6, 6.07) is 7.39. The molecular weight excluding hydrogens is 434 g/mol. The Bertz CT molecular complexity index is 951. The fraction of sp³-hybridized carbons (Fsp3) is 0.368. The minimum Gasteiger partial charge on any atom is -0.449 e. The van der Waals surface area contributed by atoms with Gasteiger partial charge in [-0.1, -0.05) is 18.2 Å². The van der Waals surface area contributed by atoms with Crippen LogP contribution in [-0.4, -0.2) is 33.7 Å². The molecule has 0 fully saturated rings. The lowest BCUT2D eigenvalue weighted by atomic mass is 10.2. The topological polar surface area (TPSA) is 125 Å². The lowest BCUT2D eigenvalue weighted by molar-refractivity contribution is -0.138. The lowest BCUT2D eigenvalue weighted by Crippen LogP contribution is -2.50. The van der Waals surface area contributed by atoms with E-state index >= 15 is 0 Å². The number of thioether (sulfide) groups is 1. The molecule has 2 rings (SSSR count). The maximum atomic E-state index is 12.6. The molecule has 9 nitrogen and oxygen atoms in total. The first-order valence-corrected chi connectivity index (χ1v) is 10.2. The predicted molar refractivity (Wildman–Crippen MR) is 112 cm³/mol. The fourth-order valence-electron chi connectivity index (χ4n) is 2.10. The van der Waals surface area contributed by atoms with Gasteiger partial charge in [-0.2, -0.15) is 12.6 Å². The van der Waals surface area contributed by atoms with Crippen LogP contribution in [0.1, 0.15) is 25.4 Å². The molecule has 1 aromatic carbocycles. The van der Waals surface area contributed by atoms with Crippen molar-refractivity contribution in [1.29, 1.82) is 0 Å². The van der Waals surface area contributed by atoms with Crippen LogP contribution in [-0.2, 0) is 20.9 Å². The summed E-state index contributed by atoms with van der Waals surface area (Å²) in [7, 11) is 0. The molecule has 0 aliphatic rings. The maximum absolute atomic E-state index is 12.6. The molecule has 1 heterocycles. The highest BCUT2D eigenvalue weighted by molar-refractivity contribution is 8.15. The summed E-state index contributed by atoms with van der Waals surface area (Å²) in [5, 5.41) is 1.75. The lowest BCUT2D eigenvalue weighted by Gasteiger charge is -2.24. The number of thiol groups is 1. The Morgan fingerprint density at radius 2 is 1.87 bits per heavy atom. The van der Waals surface area contributed by atoms with Crippen LogP contribution in [0.25, 0.3) is 0 Å². The van der Waals surface area contributed by atoms with Crippen LogP contribution in [0.3, 0.4) is 0 Å². The van der Waals surface area contributed by atoms with Crippen molar-refractivity contribution in [3.63, 3.8) is 0 Å². The van der Waals surface area contributed by atoms with E-state index in [0.717, 1.165) is 0 Å². The molecule has 30 heavy (non-hydrogen) atoms. The molecule has 0 aliphatic heterocycles. The van der Waals surface area contributed by atoms with Crippen LogP contribution in [0.15, 0.2) is 44.0 Å². The maximum Gasteiger partial charge on any atom is 0.519 e. The molecule has 1 amide bonds. The molecule has 0 aliphatic carbocycles. The minimum atomic E-state index is -1.27. The van der Waals surface area contributed by atoms with Gasteiger partial charge >= 0.3 is 17.1 Å². The monoisotopic (exact) mass is 455 g/mol. The Balaban J connectivity index is 1.90. The second-order valence-corrected chi connectivity index (χ2v) is 8.45. The number of hydrogen-bond acceptors (Lipinski definition) is 10. The summed E-state index contributed by atoms with van der Waals surface area (Å²) < 4.78 is 18.4. The zero-order valence-corrected chi connectivity index (χ0v) is 18.2. The number of amides is 1. The Hall–Kier alpha value is -2.66. The van der Waals surface area contributed by atoms with E-state index in [1.54, 1.807) is 30.3 Å². The Kier molecular flexibility index (Phi) is 8.18. The van der Waals surface area contributed by atoms with Gasteiger partial charge in [-0.25, -0.2) is 14.4 Å². The van der Waals surface area contributed by atoms with E-state index in [1.807, 2.05) is 0 Å². The molecule has 2 aromatic rings. The molecule has 1 N–H and O–H groups in total. The second-order valence-electron chi connectivity index (χ2n) is 6.53. The first-order chi connectivity index (χ1) is 14.1. The first kappa shape index (κ1) is 23.6. The zero-order chi connectivity index (χ0) is 22.3. The van der Waals surface area contributed by atoms with E-state index in [2.05, 4.69) is 22.4 Å². The molecule has 1 aromatic heterocycles. The third-order valence-electron chi connectivity index (χ3n) is 3.78. The average Bonchev–Trinajstić information content (AvgIpc) is 3.01. The number of benzene rings is 1.